The van der Waals surface area contributed by atoms with Crippen LogP contribution in [0.4, 0.5) is 0 Å². The number of aliphatic imine (C=N–C) groups is 1. The van der Waals surface area contributed by atoms with Crippen molar-refractivity contribution >= 4 is 35.8 Å². The van der Waals surface area contributed by atoms with Gasteiger partial charge < -0.3 is 16.0 Å². The van der Waals surface area contributed by atoms with Gasteiger partial charge in [0.05, 0.1) is 0 Å². The van der Waals surface area contributed by atoms with E-state index in [1.807, 2.05) is 0 Å². The summed E-state index contributed by atoms with van der Waals surface area (Å²) in [6.45, 7) is 8.07. The Morgan fingerprint density at radius 3 is 2.30 bits per heavy atom. The molecular formula is C17H35IN4O. The van der Waals surface area contributed by atoms with Crippen LogP contribution in [-0.2, 0) is 4.79 Å². The van der Waals surface area contributed by atoms with E-state index in [0.717, 1.165) is 30.8 Å². The molecule has 0 saturated heterocycles. The van der Waals surface area contributed by atoms with Gasteiger partial charge in [0.1, 0.15) is 0 Å². The third-order valence-corrected chi connectivity index (χ3v) is 4.50. The van der Waals surface area contributed by atoms with Gasteiger partial charge in [0, 0.05) is 32.6 Å². The Balaban J connectivity index is 0.00000484. The van der Waals surface area contributed by atoms with Crippen molar-refractivity contribution in [2.75, 3.05) is 20.1 Å². The number of amides is 1. The van der Waals surface area contributed by atoms with Crippen molar-refractivity contribution in [2.24, 2.45) is 16.8 Å². The lowest BCUT2D eigenvalue weighted by molar-refractivity contribution is -0.120. The highest BCUT2D eigenvalue weighted by Crippen LogP contribution is 2.29. The minimum absolute atomic E-state index is 0. The zero-order chi connectivity index (χ0) is 16.4. The smallest absolute Gasteiger partial charge is 0.221 e. The fourth-order valence-corrected chi connectivity index (χ4v) is 2.97. The predicted molar refractivity (Wildman–Crippen MR) is 108 cm³/mol. The Hall–Kier alpha value is -0.530. The molecule has 0 aromatic heterocycles. The molecule has 0 aliphatic heterocycles. The van der Waals surface area contributed by atoms with Gasteiger partial charge in [-0.3, -0.25) is 9.79 Å². The quantitative estimate of drug-likeness (QED) is 0.325. The molecule has 1 saturated carbocycles. The van der Waals surface area contributed by atoms with E-state index in [-0.39, 0.29) is 29.9 Å². The lowest BCUT2D eigenvalue weighted by atomic mass is 9.80. The monoisotopic (exact) mass is 438 g/mol. The van der Waals surface area contributed by atoms with Gasteiger partial charge in [0.15, 0.2) is 5.96 Å². The van der Waals surface area contributed by atoms with Crippen LogP contribution in [0.25, 0.3) is 0 Å². The van der Waals surface area contributed by atoms with Crippen molar-refractivity contribution in [1.29, 1.82) is 0 Å². The highest BCUT2D eigenvalue weighted by atomic mass is 127. The molecule has 0 atom stereocenters. The minimum atomic E-state index is 0. The summed E-state index contributed by atoms with van der Waals surface area (Å²) in [6.07, 6.45) is 6.47. The van der Waals surface area contributed by atoms with Crippen LogP contribution < -0.4 is 16.0 Å². The highest BCUT2D eigenvalue weighted by Gasteiger charge is 2.23. The molecule has 1 aliphatic carbocycles. The van der Waals surface area contributed by atoms with Crippen LogP contribution in [0.2, 0.25) is 0 Å². The average Bonchev–Trinajstić information content (AvgIpc) is 2.52. The molecule has 23 heavy (non-hydrogen) atoms. The van der Waals surface area contributed by atoms with Crippen molar-refractivity contribution in [2.45, 2.75) is 65.3 Å². The normalized spacial score (nSPS) is 21.5. The standard InChI is InChI=1S/C17H34N4O.HI/c1-5-11-19-16(22)10-12-20-17(18-4)21-15-8-6-14(7-9-15)13(2)3;/h13-15H,5-12H2,1-4H3,(H,19,22)(H2,18,20,21);1H. The van der Waals surface area contributed by atoms with Crippen molar-refractivity contribution in [1.82, 2.24) is 16.0 Å². The lowest BCUT2D eigenvalue weighted by Gasteiger charge is -2.32. The zero-order valence-corrected chi connectivity index (χ0v) is 17.5. The first-order chi connectivity index (χ1) is 10.6. The van der Waals surface area contributed by atoms with E-state index in [0.29, 0.717) is 19.0 Å². The Morgan fingerprint density at radius 2 is 1.78 bits per heavy atom. The first kappa shape index (κ1) is 22.5. The molecule has 3 N–H and O–H groups in total. The van der Waals surface area contributed by atoms with Crippen LogP contribution in [0.15, 0.2) is 4.99 Å². The summed E-state index contributed by atoms with van der Waals surface area (Å²) in [6, 6.07) is 0.509. The third kappa shape index (κ3) is 9.37. The molecule has 0 spiro atoms. The fraction of sp³-hybridized carbons (Fsp3) is 0.882. The van der Waals surface area contributed by atoms with Crippen LogP contribution in [0.5, 0.6) is 0 Å². The molecule has 0 heterocycles. The maximum Gasteiger partial charge on any atom is 0.221 e. The van der Waals surface area contributed by atoms with Gasteiger partial charge >= 0.3 is 0 Å². The number of carbonyl (C=O) groups excluding carboxylic acids is 1. The predicted octanol–water partition coefficient (Wildman–Crippen LogP) is 2.90. The summed E-state index contributed by atoms with van der Waals surface area (Å²) in [5.74, 6) is 2.58. The molecule has 0 unspecified atom stereocenters. The van der Waals surface area contributed by atoms with E-state index >= 15 is 0 Å². The summed E-state index contributed by atoms with van der Waals surface area (Å²) >= 11 is 0. The summed E-state index contributed by atoms with van der Waals surface area (Å²) in [5, 5.41) is 9.61. The number of rotatable bonds is 7. The van der Waals surface area contributed by atoms with Gasteiger partial charge in [0.25, 0.3) is 0 Å². The first-order valence-electron chi connectivity index (χ1n) is 8.80. The molecule has 1 rings (SSSR count). The van der Waals surface area contributed by atoms with Gasteiger partial charge in [0.2, 0.25) is 5.91 Å². The van der Waals surface area contributed by atoms with E-state index < -0.39 is 0 Å². The second-order valence-corrected chi connectivity index (χ2v) is 6.60. The zero-order valence-electron chi connectivity index (χ0n) is 15.2. The van der Waals surface area contributed by atoms with Crippen LogP contribution in [0.3, 0.4) is 0 Å². The number of nitrogens with zero attached hydrogens (tertiary/aromatic N) is 1. The molecular weight excluding hydrogens is 403 g/mol. The molecule has 1 aliphatic rings. The van der Waals surface area contributed by atoms with Gasteiger partial charge in [-0.1, -0.05) is 20.8 Å². The Morgan fingerprint density at radius 1 is 1.13 bits per heavy atom. The van der Waals surface area contributed by atoms with E-state index in [9.17, 15) is 4.79 Å². The minimum Gasteiger partial charge on any atom is -0.356 e. The number of nitrogens with one attached hydrogen (secondary N) is 3. The topological polar surface area (TPSA) is 65.5 Å². The summed E-state index contributed by atoms with van der Waals surface area (Å²) in [7, 11) is 1.78. The Labute approximate surface area is 158 Å². The lowest BCUT2D eigenvalue weighted by Crippen LogP contribution is -2.45. The summed E-state index contributed by atoms with van der Waals surface area (Å²) in [5.41, 5.74) is 0. The van der Waals surface area contributed by atoms with E-state index in [1.165, 1.54) is 25.7 Å². The van der Waals surface area contributed by atoms with Crippen LogP contribution in [0.1, 0.15) is 59.3 Å². The fourth-order valence-electron chi connectivity index (χ4n) is 2.97. The molecule has 0 aromatic rings. The van der Waals surface area contributed by atoms with Gasteiger partial charge in [-0.25, -0.2) is 0 Å². The van der Waals surface area contributed by atoms with Gasteiger partial charge in [-0.15, -0.1) is 24.0 Å². The van der Waals surface area contributed by atoms with Crippen molar-refractivity contribution in [3.05, 3.63) is 0 Å². The summed E-state index contributed by atoms with van der Waals surface area (Å²) in [4.78, 5) is 15.8. The maximum atomic E-state index is 11.6. The Kier molecular flexibility index (Phi) is 12.5. The van der Waals surface area contributed by atoms with Crippen molar-refractivity contribution in [3.63, 3.8) is 0 Å². The molecule has 0 aromatic carbocycles. The molecule has 136 valence electrons. The average molecular weight is 438 g/mol. The summed E-state index contributed by atoms with van der Waals surface area (Å²) < 4.78 is 0. The van der Waals surface area contributed by atoms with Gasteiger partial charge in [-0.2, -0.15) is 0 Å². The van der Waals surface area contributed by atoms with Crippen LogP contribution in [0, 0.1) is 11.8 Å². The highest BCUT2D eigenvalue weighted by molar-refractivity contribution is 14.0. The molecule has 6 heteroatoms. The largest absolute Gasteiger partial charge is 0.356 e. The number of guanidine groups is 1. The molecule has 1 fully saturated rings. The van der Waals surface area contributed by atoms with E-state index in [2.05, 4.69) is 41.7 Å². The first-order valence-corrected chi connectivity index (χ1v) is 8.80. The number of hydrogen-bond acceptors (Lipinski definition) is 2. The molecule has 0 radical (unpaired) electrons. The number of carbonyl (C=O) groups is 1. The molecule has 1 amide bonds. The second kappa shape index (κ2) is 12.8. The van der Waals surface area contributed by atoms with Crippen LogP contribution >= 0.6 is 24.0 Å². The Bertz CT molecular complexity index is 353. The van der Waals surface area contributed by atoms with Crippen molar-refractivity contribution in [3.8, 4) is 0 Å². The van der Waals surface area contributed by atoms with Crippen LogP contribution in [-0.4, -0.2) is 38.0 Å². The van der Waals surface area contributed by atoms with E-state index in [4.69, 9.17) is 0 Å². The number of halogens is 1. The van der Waals surface area contributed by atoms with Gasteiger partial charge in [-0.05, 0) is 43.9 Å². The number of hydrogen-bond donors (Lipinski definition) is 3. The maximum absolute atomic E-state index is 11.6. The van der Waals surface area contributed by atoms with E-state index in [1.54, 1.807) is 7.05 Å². The SMILES string of the molecule is CCCNC(=O)CCNC(=NC)NC1CCC(C(C)C)CC1.I. The molecule has 0 bridgehead atoms. The third-order valence-electron chi connectivity index (χ3n) is 4.50. The van der Waals surface area contributed by atoms with Crippen molar-refractivity contribution < 1.29 is 4.79 Å². The second-order valence-electron chi connectivity index (χ2n) is 6.60. The molecule has 5 nitrogen and oxygen atoms in total.